The van der Waals surface area contributed by atoms with E-state index in [0.717, 1.165) is 16.8 Å². The maximum absolute atomic E-state index is 12.9. The highest BCUT2D eigenvalue weighted by Crippen LogP contribution is 2.59. The van der Waals surface area contributed by atoms with E-state index in [1.807, 2.05) is 54.6 Å². The van der Waals surface area contributed by atoms with Gasteiger partial charge in [-0.05, 0) is 23.3 Å². The maximum Gasteiger partial charge on any atom is 0.325 e. The molecule has 134 valence electrons. The molecule has 26 heavy (non-hydrogen) atoms. The van der Waals surface area contributed by atoms with Gasteiger partial charge in [0.05, 0.1) is 19.9 Å². The SMILES string of the molecule is COC(=O)C1(C(=O)OC)CC2ON(c3ccccc3)C1c1ccccc12. The van der Waals surface area contributed by atoms with Crippen LogP contribution in [-0.4, -0.2) is 26.2 Å². The van der Waals surface area contributed by atoms with Crippen LogP contribution in [0.15, 0.2) is 54.6 Å². The first-order chi connectivity index (χ1) is 12.6. The van der Waals surface area contributed by atoms with Crippen molar-refractivity contribution in [2.45, 2.75) is 18.6 Å². The van der Waals surface area contributed by atoms with Crippen molar-refractivity contribution in [3.05, 3.63) is 65.7 Å². The highest BCUT2D eigenvalue weighted by Gasteiger charge is 2.65. The maximum atomic E-state index is 12.9. The molecule has 2 aromatic carbocycles. The van der Waals surface area contributed by atoms with Gasteiger partial charge in [0.2, 0.25) is 0 Å². The van der Waals surface area contributed by atoms with Gasteiger partial charge in [-0.15, -0.1) is 0 Å². The standard InChI is InChI=1S/C20H19NO5/c1-24-18(22)20(19(23)25-2)12-16-14-10-6-7-11-15(14)17(20)21(26-16)13-8-4-3-5-9-13/h3-11,16-17H,12H2,1-2H3. The van der Waals surface area contributed by atoms with Gasteiger partial charge in [-0.2, -0.15) is 0 Å². The van der Waals surface area contributed by atoms with Gasteiger partial charge in [-0.3, -0.25) is 14.4 Å². The van der Waals surface area contributed by atoms with Crippen molar-refractivity contribution in [2.24, 2.45) is 5.41 Å². The fourth-order valence-corrected chi connectivity index (χ4v) is 4.07. The lowest BCUT2D eigenvalue weighted by molar-refractivity contribution is -0.190. The highest BCUT2D eigenvalue weighted by atomic mass is 16.7. The number of benzene rings is 2. The second kappa shape index (κ2) is 6.14. The number of ether oxygens (including phenoxy) is 2. The van der Waals surface area contributed by atoms with E-state index in [1.165, 1.54) is 14.2 Å². The molecule has 0 aromatic heterocycles. The van der Waals surface area contributed by atoms with Crippen LogP contribution >= 0.6 is 0 Å². The summed E-state index contributed by atoms with van der Waals surface area (Å²) in [5, 5.41) is 1.64. The van der Waals surface area contributed by atoms with Gasteiger partial charge < -0.3 is 9.47 Å². The van der Waals surface area contributed by atoms with Crippen LogP contribution < -0.4 is 5.06 Å². The predicted molar refractivity (Wildman–Crippen MR) is 93.0 cm³/mol. The number of para-hydroxylation sites is 1. The van der Waals surface area contributed by atoms with Gasteiger partial charge in [-0.25, -0.2) is 5.06 Å². The van der Waals surface area contributed by atoms with E-state index >= 15 is 0 Å². The molecule has 5 rings (SSSR count). The largest absolute Gasteiger partial charge is 0.468 e. The lowest BCUT2D eigenvalue weighted by atomic mass is 9.65. The lowest BCUT2D eigenvalue weighted by Crippen LogP contribution is -2.59. The predicted octanol–water partition coefficient (Wildman–Crippen LogP) is 2.96. The first kappa shape index (κ1) is 16.6. The van der Waals surface area contributed by atoms with Crippen molar-refractivity contribution in [1.29, 1.82) is 0 Å². The molecule has 2 bridgehead atoms. The van der Waals surface area contributed by atoms with E-state index in [4.69, 9.17) is 14.3 Å². The topological polar surface area (TPSA) is 65.1 Å². The normalized spacial score (nSPS) is 22.5. The molecule has 6 nitrogen and oxygen atoms in total. The van der Waals surface area contributed by atoms with Crippen LogP contribution in [0.5, 0.6) is 0 Å². The highest BCUT2D eigenvalue weighted by molar-refractivity contribution is 6.02. The number of hydrogen-bond acceptors (Lipinski definition) is 6. The fourth-order valence-electron chi connectivity index (χ4n) is 4.07. The number of nitrogens with zero attached hydrogens (tertiary/aromatic N) is 1. The summed E-state index contributed by atoms with van der Waals surface area (Å²) in [7, 11) is 2.57. The lowest BCUT2D eigenvalue weighted by Gasteiger charge is -2.53. The number of rotatable bonds is 3. The number of fused-ring (bicyclic) bond motifs is 2. The Balaban J connectivity index is 1.95. The Bertz CT molecular complexity index is 834. The van der Waals surface area contributed by atoms with Crippen molar-refractivity contribution in [1.82, 2.24) is 0 Å². The third kappa shape index (κ3) is 2.15. The van der Waals surface area contributed by atoms with Crippen molar-refractivity contribution < 1.29 is 23.9 Å². The van der Waals surface area contributed by atoms with Gasteiger partial charge in [0, 0.05) is 6.42 Å². The molecule has 0 radical (unpaired) electrons. The number of methoxy groups -OCH3 is 2. The van der Waals surface area contributed by atoms with Crippen LogP contribution in [0, 0.1) is 5.41 Å². The summed E-state index contributed by atoms with van der Waals surface area (Å²) in [6, 6.07) is 16.4. The van der Waals surface area contributed by atoms with Gasteiger partial charge in [-0.1, -0.05) is 42.5 Å². The smallest absolute Gasteiger partial charge is 0.325 e. The minimum Gasteiger partial charge on any atom is -0.468 e. The first-order valence-corrected chi connectivity index (χ1v) is 8.40. The van der Waals surface area contributed by atoms with Gasteiger partial charge in [0.15, 0.2) is 5.41 Å². The van der Waals surface area contributed by atoms with E-state index in [2.05, 4.69) is 0 Å². The first-order valence-electron chi connectivity index (χ1n) is 8.40. The molecular formula is C20H19NO5. The fraction of sp³-hybridized carbons (Fsp3) is 0.300. The Labute approximate surface area is 151 Å². The summed E-state index contributed by atoms with van der Waals surface area (Å²) in [5.41, 5.74) is 1.12. The number of hydroxylamine groups is 1. The average molecular weight is 353 g/mol. The molecule has 2 aromatic rings. The Hall–Kier alpha value is -2.86. The summed E-state index contributed by atoms with van der Waals surface area (Å²) in [4.78, 5) is 31.9. The third-order valence-electron chi connectivity index (χ3n) is 5.20. The quantitative estimate of drug-likeness (QED) is 0.624. The van der Waals surface area contributed by atoms with Crippen molar-refractivity contribution in [2.75, 3.05) is 19.3 Å². The molecule has 2 aliphatic heterocycles. The minimum absolute atomic E-state index is 0.178. The number of esters is 2. The van der Waals surface area contributed by atoms with E-state index in [-0.39, 0.29) is 6.42 Å². The number of hydrogen-bond donors (Lipinski definition) is 0. The molecular weight excluding hydrogens is 334 g/mol. The molecule has 0 N–H and O–H groups in total. The molecule has 0 amide bonds. The van der Waals surface area contributed by atoms with E-state index in [9.17, 15) is 9.59 Å². The Morgan fingerprint density at radius 1 is 0.962 bits per heavy atom. The molecule has 1 aliphatic carbocycles. The Morgan fingerprint density at radius 3 is 2.15 bits per heavy atom. The van der Waals surface area contributed by atoms with Crippen molar-refractivity contribution in [3.8, 4) is 0 Å². The Morgan fingerprint density at radius 2 is 1.54 bits per heavy atom. The van der Waals surface area contributed by atoms with E-state index in [1.54, 1.807) is 5.06 Å². The van der Waals surface area contributed by atoms with Gasteiger partial charge >= 0.3 is 11.9 Å². The molecule has 1 saturated heterocycles. The molecule has 0 spiro atoms. The van der Waals surface area contributed by atoms with Gasteiger partial charge in [0.25, 0.3) is 0 Å². The van der Waals surface area contributed by atoms with Crippen LogP contribution in [0.4, 0.5) is 5.69 Å². The molecule has 1 fully saturated rings. The number of carbonyl (C=O) groups excluding carboxylic acids is 2. The van der Waals surface area contributed by atoms with Crippen LogP contribution in [-0.2, 0) is 23.9 Å². The summed E-state index contributed by atoms with van der Waals surface area (Å²) >= 11 is 0. The Kier molecular flexibility index (Phi) is 3.92. The molecule has 3 aliphatic rings. The number of carbonyl (C=O) groups is 2. The summed E-state index contributed by atoms with van der Waals surface area (Å²) < 4.78 is 10.1. The summed E-state index contributed by atoms with van der Waals surface area (Å²) in [6.45, 7) is 0. The monoisotopic (exact) mass is 353 g/mol. The zero-order valence-electron chi connectivity index (χ0n) is 14.5. The van der Waals surface area contributed by atoms with Gasteiger partial charge in [0.1, 0.15) is 12.1 Å². The van der Waals surface area contributed by atoms with Crippen molar-refractivity contribution in [3.63, 3.8) is 0 Å². The molecule has 2 heterocycles. The number of anilines is 1. The second-order valence-corrected chi connectivity index (χ2v) is 6.45. The molecule has 0 saturated carbocycles. The van der Waals surface area contributed by atoms with Crippen LogP contribution in [0.25, 0.3) is 0 Å². The summed E-state index contributed by atoms with van der Waals surface area (Å²) in [6.07, 6.45) is -0.272. The van der Waals surface area contributed by atoms with Crippen molar-refractivity contribution >= 4 is 17.6 Å². The van der Waals surface area contributed by atoms with E-state index in [0.29, 0.717) is 0 Å². The van der Waals surface area contributed by atoms with E-state index < -0.39 is 29.5 Å². The average Bonchev–Trinajstić information content (AvgIpc) is 2.72. The molecule has 2 unspecified atom stereocenters. The van der Waals surface area contributed by atoms with Crippen LogP contribution in [0.3, 0.4) is 0 Å². The zero-order chi connectivity index (χ0) is 18.3. The third-order valence-corrected chi connectivity index (χ3v) is 5.20. The second-order valence-electron chi connectivity index (χ2n) is 6.45. The zero-order valence-corrected chi connectivity index (χ0v) is 14.5. The minimum atomic E-state index is -1.49. The van der Waals surface area contributed by atoms with Crippen LogP contribution in [0.1, 0.15) is 29.7 Å². The summed E-state index contributed by atoms with van der Waals surface area (Å²) in [5.74, 6) is -1.23. The van der Waals surface area contributed by atoms with Crippen LogP contribution in [0.2, 0.25) is 0 Å². The molecule has 6 heteroatoms. The molecule has 2 atom stereocenters.